The molecule has 0 N–H and O–H groups in total. The fraction of sp³-hybridized carbons (Fsp3) is 0.143. The van der Waals surface area contributed by atoms with E-state index in [-0.39, 0.29) is 5.75 Å². The summed E-state index contributed by atoms with van der Waals surface area (Å²) in [6.45, 7) is 2.04. The van der Waals surface area contributed by atoms with E-state index in [0.29, 0.717) is 33.4 Å². The van der Waals surface area contributed by atoms with Crippen LogP contribution in [0.25, 0.3) is 11.3 Å². The topological polar surface area (TPSA) is 120 Å². The van der Waals surface area contributed by atoms with Crippen LogP contribution in [0.15, 0.2) is 52.8 Å². The van der Waals surface area contributed by atoms with Gasteiger partial charge in [-0.1, -0.05) is 0 Å². The SMILES string of the molecule is CC(Oc1cc(Br)cnc1[N+](=O)[O-])c1cc(F)ccc1-c1ncsc1Cn1cc(C#N)cn1. The fourth-order valence-electron chi connectivity index (χ4n) is 3.23. The predicted molar refractivity (Wildman–Crippen MR) is 121 cm³/mol. The highest BCUT2D eigenvalue weighted by Gasteiger charge is 2.24. The minimum Gasteiger partial charge on any atom is -0.478 e. The van der Waals surface area contributed by atoms with Crippen molar-refractivity contribution < 1.29 is 14.1 Å². The van der Waals surface area contributed by atoms with Crippen LogP contribution in [0.1, 0.15) is 29.0 Å². The highest BCUT2D eigenvalue weighted by molar-refractivity contribution is 9.10. The van der Waals surface area contributed by atoms with Crippen LogP contribution < -0.4 is 4.74 Å². The first-order valence-corrected chi connectivity index (χ1v) is 11.1. The zero-order chi connectivity index (χ0) is 23.5. The number of pyridine rings is 1. The molecule has 4 rings (SSSR count). The number of aromatic nitrogens is 4. The number of benzene rings is 1. The second-order valence-electron chi connectivity index (χ2n) is 6.89. The molecule has 0 aliphatic rings. The standard InChI is InChI=1S/C21H14BrFN6O3S/c1-12(32-18-4-14(22)8-25-21(18)29(30)31)17-5-15(23)2-3-16(17)20-19(33-11-26-20)10-28-9-13(6-24)7-27-28/h2-5,7-9,11-12H,10H2,1H3. The Morgan fingerprint density at radius 2 is 2.18 bits per heavy atom. The lowest BCUT2D eigenvalue weighted by Crippen LogP contribution is -2.08. The van der Waals surface area contributed by atoms with Crippen LogP contribution in [0.5, 0.6) is 5.75 Å². The summed E-state index contributed by atoms with van der Waals surface area (Å²) in [5, 5.41) is 24.5. The van der Waals surface area contributed by atoms with Crippen LogP contribution in [-0.2, 0) is 6.54 Å². The molecule has 1 atom stereocenters. The van der Waals surface area contributed by atoms with Crippen molar-refractivity contribution in [3.05, 3.63) is 84.8 Å². The maximum atomic E-state index is 14.2. The minimum atomic E-state index is -0.755. The molecule has 1 aromatic carbocycles. The number of hydrogen-bond acceptors (Lipinski definition) is 8. The Kier molecular flexibility index (Phi) is 6.43. The normalized spacial score (nSPS) is 11.7. The summed E-state index contributed by atoms with van der Waals surface area (Å²) in [4.78, 5) is 19.8. The molecule has 33 heavy (non-hydrogen) atoms. The summed E-state index contributed by atoms with van der Waals surface area (Å²) in [6.07, 6.45) is 3.65. The molecule has 0 fully saturated rings. The Hall–Kier alpha value is -3.69. The molecular formula is C21H14BrFN6O3S. The first kappa shape index (κ1) is 22.5. The Balaban J connectivity index is 1.70. The van der Waals surface area contributed by atoms with Gasteiger partial charge in [-0.05, 0) is 51.0 Å². The maximum Gasteiger partial charge on any atom is 0.406 e. The molecule has 3 aromatic heterocycles. The lowest BCUT2D eigenvalue weighted by atomic mass is 9.99. The van der Waals surface area contributed by atoms with Crippen molar-refractivity contribution in [1.82, 2.24) is 19.7 Å². The summed E-state index contributed by atoms with van der Waals surface area (Å²) in [5.74, 6) is -0.964. The van der Waals surface area contributed by atoms with E-state index in [1.165, 1.54) is 41.9 Å². The van der Waals surface area contributed by atoms with Gasteiger partial charge in [-0.2, -0.15) is 10.4 Å². The van der Waals surface area contributed by atoms with Crippen LogP contribution in [0, 0.1) is 27.3 Å². The Bertz CT molecular complexity index is 1380. The number of hydrogen-bond donors (Lipinski definition) is 0. The zero-order valence-electron chi connectivity index (χ0n) is 17.0. The van der Waals surface area contributed by atoms with Crippen LogP contribution in [0.3, 0.4) is 0 Å². The molecule has 0 amide bonds. The predicted octanol–water partition coefficient (Wildman–Crippen LogP) is 5.27. The van der Waals surface area contributed by atoms with Gasteiger partial charge in [0.2, 0.25) is 5.75 Å². The summed E-state index contributed by atoms with van der Waals surface area (Å²) in [5.41, 5.74) is 3.81. The summed E-state index contributed by atoms with van der Waals surface area (Å²) in [7, 11) is 0. The van der Waals surface area contributed by atoms with Crippen molar-refractivity contribution in [3.63, 3.8) is 0 Å². The molecule has 0 bridgehead atoms. The van der Waals surface area contributed by atoms with Gasteiger partial charge in [-0.15, -0.1) is 11.3 Å². The smallest absolute Gasteiger partial charge is 0.406 e. The summed E-state index contributed by atoms with van der Waals surface area (Å²) < 4.78 is 22.2. The van der Waals surface area contributed by atoms with Gasteiger partial charge in [-0.3, -0.25) is 4.68 Å². The van der Waals surface area contributed by atoms with Crippen LogP contribution in [0.4, 0.5) is 10.2 Å². The number of halogens is 2. The van der Waals surface area contributed by atoms with Crippen LogP contribution >= 0.6 is 27.3 Å². The third-order valence-electron chi connectivity index (χ3n) is 4.69. The number of nitrogens with zero attached hydrogens (tertiary/aromatic N) is 6. The average molecular weight is 529 g/mol. The Morgan fingerprint density at radius 1 is 1.36 bits per heavy atom. The van der Waals surface area contributed by atoms with Crippen molar-refractivity contribution in [2.45, 2.75) is 19.6 Å². The maximum absolute atomic E-state index is 14.2. The lowest BCUT2D eigenvalue weighted by Gasteiger charge is -2.18. The van der Waals surface area contributed by atoms with Crippen molar-refractivity contribution in [3.8, 4) is 23.1 Å². The molecule has 166 valence electrons. The van der Waals surface area contributed by atoms with Gasteiger partial charge in [0.15, 0.2) is 6.20 Å². The van der Waals surface area contributed by atoms with E-state index < -0.39 is 22.7 Å². The number of thiazole rings is 1. The number of rotatable bonds is 7. The van der Waals surface area contributed by atoms with Gasteiger partial charge in [0.05, 0.1) is 38.9 Å². The molecule has 1 unspecified atom stereocenters. The van der Waals surface area contributed by atoms with E-state index in [1.54, 1.807) is 29.4 Å². The first-order chi connectivity index (χ1) is 15.9. The highest BCUT2D eigenvalue weighted by atomic mass is 79.9. The van der Waals surface area contributed by atoms with Gasteiger partial charge in [0.25, 0.3) is 0 Å². The van der Waals surface area contributed by atoms with Gasteiger partial charge in [-0.25, -0.2) is 9.37 Å². The molecule has 0 saturated heterocycles. The summed E-state index contributed by atoms with van der Waals surface area (Å²) in [6, 6.07) is 7.71. The fourth-order valence-corrected chi connectivity index (χ4v) is 4.31. The third-order valence-corrected chi connectivity index (χ3v) is 5.94. The van der Waals surface area contributed by atoms with E-state index in [9.17, 15) is 14.5 Å². The van der Waals surface area contributed by atoms with Crippen LogP contribution in [-0.4, -0.2) is 24.7 Å². The van der Waals surface area contributed by atoms with Crippen molar-refractivity contribution in [2.75, 3.05) is 0 Å². The van der Waals surface area contributed by atoms with E-state index >= 15 is 0 Å². The highest BCUT2D eigenvalue weighted by Crippen LogP contribution is 2.37. The Morgan fingerprint density at radius 3 is 2.91 bits per heavy atom. The second-order valence-corrected chi connectivity index (χ2v) is 8.74. The molecule has 0 aliphatic carbocycles. The number of nitriles is 1. The van der Waals surface area contributed by atoms with Gasteiger partial charge in [0, 0.05) is 23.4 Å². The molecule has 3 heterocycles. The molecule has 0 saturated carbocycles. The van der Waals surface area contributed by atoms with Crippen molar-refractivity contribution >= 4 is 33.1 Å². The molecule has 9 nitrogen and oxygen atoms in total. The van der Waals surface area contributed by atoms with E-state index in [2.05, 4.69) is 31.0 Å². The van der Waals surface area contributed by atoms with E-state index in [4.69, 9.17) is 10.00 Å². The van der Waals surface area contributed by atoms with Gasteiger partial charge < -0.3 is 14.9 Å². The molecule has 4 aromatic rings. The molecule has 12 heteroatoms. The average Bonchev–Trinajstić information content (AvgIpc) is 3.43. The van der Waals surface area contributed by atoms with Crippen LogP contribution in [0.2, 0.25) is 0 Å². The molecular weight excluding hydrogens is 515 g/mol. The molecule has 0 aliphatic heterocycles. The zero-order valence-corrected chi connectivity index (χ0v) is 19.4. The second kappa shape index (κ2) is 9.43. The monoisotopic (exact) mass is 528 g/mol. The first-order valence-electron chi connectivity index (χ1n) is 9.47. The summed E-state index contributed by atoms with van der Waals surface area (Å²) >= 11 is 4.63. The number of nitro groups is 1. The Labute approximate surface area is 199 Å². The van der Waals surface area contributed by atoms with E-state index in [1.807, 2.05) is 6.07 Å². The molecule has 0 radical (unpaired) electrons. The largest absolute Gasteiger partial charge is 0.478 e. The van der Waals surface area contributed by atoms with Crippen molar-refractivity contribution in [1.29, 1.82) is 5.26 Å². The number of ether oxygens (including phenoxy) is 1. The quantitative estimate of drug-likeness (QED) is 0.236. The minimum absolute atomic E-state index is 0.0452. The van der Waals surface area contributed by atoms with Gasteiger partial charge in [0.1, 0.15) is 18.0 Å². The lowest BCUT2D eigenvalue weighted by molar-refractivity contribution is -0.390. The third kappa shape index (κ3) is 4.89. The van der Waals surface area contributed by atoms with E-state index in [0.717, 1.165) is 4.88 Å². The molecule has 0 spiro atoms. The van der Waals surface area contributed by atoms with Crippen molar-refractivity contribution in [2.24, 2.45) is 0 Å². The van der Waals surface area contributed by atoms with Gasteiger partial charge >= 0.3 is 5.82 Å².